The second-order valence-electron chi connectivity index (χ2n) is 10.4. The number of fused-ring (bicyclic) bond motifs is 1. The molecule has 0 unspecified atom stereocenters. The van der Waals surface area contributed by atoms with Gasteiger partial charge in [-0.15, -0.1) is 11.3 Å². The summed E-state index contributed by atoms with van der Waals surface area (Å²) in [4.78, 5) is 33.9. The quantitative estimate of drug-likeness (QED) is 0.355. The van der Waals surface area contributed by atoms with Crippen molar-refractivity contribution in [3.8, 4) is 0 Å². The van der Waals surface area contributed by atoms with Gasteiger partial charge in [0.15, 0.2) is 0 Å². The highest BCUT2D eigenvalue weighted by atomic mass is 32.1. The highest BCUT2D eigenvalue weighted by Gasteiger charge is 2.32. The zero-order valence-corrected chi connectivity index (χ0v) is 23.0. The van der Waals surface area contributed by atoms with E-state index in [9.17, 15) is 9.59 Å². The van der Waals surface area contributed by atoms with E-state index in [-0.39, 0.29) is 23.9 Å². The van der Waals surface area contributed by atoms with E-state index in [4.69, 9.17) is 0 Å². The van der Waals surface area contributed by atoms with Crippen LogP contribution in [0.15, 0.2) is 41.8 Å². The van der Waals surface area contributed by atoms with Gasteiger partial charge in [-0.1, -0.05) is 69.4 Å². The Hall–Kier alpha value is -2.18. The zero-order chi connectivity index (χ0) is 25.3. The predicted molar refractivity (Wildman–Crippen MR) is 148 cm³/mol. The third kappa shape index (κ3) is 6.77. The predicted octanol–water partition coefficient (Wildman–Crippen LogP) is 5.90. The number of carbonyl (C=O) groups is 2. The van der Waals surface area contributed by atoms with Gasteiger partial charge >= 0.3 is 0 Å². The fraction of sp³-hybridized carbons (Fsp3) is 0.600. The molecule has 2 aromatic rings. The number of hydrogen-bond donors (Lipinski definition) is 0. The monoisotopic (exact) mass is 509 g/mol. The summed E-state index contributed by atoms with van der Waals surface area (Å²) in [6.07, 6.45) is 9.41. The summed E-state index contributed by atoms with van der Waals surface area (Å²) in [6, 6.07) is 13.3. The maximum absolute atomic E-state index is 13.2. The molecular weight excluding hydrogens is 466 g/mol. The van der Waals surface area contributed by atoms with E-state index in [0.29, 0.717) is 32.5 Å². The third-order valence-electron chi connectivity index (χ3n) is 7.84. The maximum Gasteiger partial charge on any atom is 0.223 e. The molecule has 196 valence electrons. The van der Waals surface area contributed by atoms with Crippen LogP contribution in [0.4, 0.5) is 0 Å². The number of rotatable bonds is 11. The molecule has 1 aromatic carbocycles. The van der Waals surface area contributed by atoms with Crippen LogP contribution in [0, 0.1) is 0 Å². The normalized spacial score (nSPS) is 20.4. The van der Waals surface area contributed by atoms with E-state index in [1.165, 1.54) is 41.7 Å². The van der Waals surface area contributed by atoms with Gasteiger partial charge in [0.2, 0.25) is 11.8 Å². The molecule has 0 bridgehead atoms. The summed E-state index contributed by atoms with van der Waals surface area (Å²) in [5, 5.41) is 2.20. The van der Waals surface area contributed by atoms with Crippen molar-refractivity contribution in [2.75, 3.05) is 32.7 Å². The Kier molecular flexibility index (Phi) is 9.99. The maximum atomic E-state index is 13.2. The van der Waals surface area contributed by atoms with Crippen LogP contribution in [0.2, 0.25) is 0 Å². The lowest BCUT2D eigenvalue weighted by atomic mass is 9.93. The smallest absolute Gasteiger partial charge is 0.223 e. The number of unbranched alkanes of at least 4 members (excludes halogenated alkanes) is 5. The summed E-state index contributed by atoms with van der Waals surface area (Å²) in [5.41, 5.74) is 2.70. The van der Waals surface area contributed by atoms with Crippen LogP contribution >= 0.6 is 11.3 Å². The summed E-state index contributed by atoms with van der Waals surface area (Å²) in [5.74, 6) is 0.475. The van der Waals surface area contributed by atoms with Gasteiger partial charge in [-0.25, -0.2) is 0 Å². The molecule has 0 radical (unpaired) electrons. The molecule has 6 heteroatoms. The van der Waals surface area contributed by atoms with Crippen molar-refractivity contribution < 1.29 is 9.59 Å². The molecule has 5 nitrogen and oxygen atoms in total. The van der Waals surface area contributed by atoms with Crippen molar-refractivity contribution in [2.45, 2.75) is 83.7 Å². The van der Waals surface area contributed by atoms with E-state index in [1.54, 1.807) is 0 Å². The molecule has 1 saturated heterocycles. The van der Waals surface area contributed by atoms with E-state index in [0.717, 1.165) is 32.4 Å². The van der Waals surface area contributed by atoms with Crippen LogP contribution in [0.3, 0.4) is 0 Å². The van der Waals surface area contributed by atoms with Crippen LogP contribution in [-0.2, 0) is 16.0 Å². The first kappa shape index (κ1) is 26.9. The topological polar surface area (TPSA) is 43.9 Å². The van der Waals surface area contributed by atoms with Crippen molar-refractivity contribution in [1.82, 2.24) is 14.7 Å². The number of amides is 2. The Morgan fingerprint density at radius 1 is 0.917 bits per heavy atom. The third-order valence-corrected chi connectivity index (χ3v) is 8.84. The summed E-state index contributed by atoms with van der Waals surface area (Å²) < 4.78 is 0. The molecule has 1 aromatic heterocycles. The van der Waals surface area contributed by atoms with E-state index < -0.39 is 0 Å². The van der Waals surface area contributed by atoms with Crippen molar-refractivity contribution >= 4 is 23.2 Å². The van der Waals surface area contributed by atoms with E-state index in [1.807, 2.05) is 21.1 Å². The lowest BCUT2D eigenvalue weighted by molar-refractivity contribution is -0.142. The van der Waals surface area contributed by atoms with Crippen LogP contribution in [0.1, 0.15) is 87.3 Å². The number of carbonyl (C=O) groups excluding carboxylic acids is 2. The number of nitrogens with zero attached hydrogens (tertiary/aromatic N) is 3. The molecule has 3 heterocycles. The van der Waals surface area contributed by atoms with Gasteiger partial charge < -0.3 is 9.80 Å². The number of thiophene rings is 1. The molecule has 2 atom stereocenters. The highest BCUT2D eigenvalue weighted by Crippen LogP contribution is 2.37. The first-order chi connectivity index (χ1) is 17.6. The Balaban J connectivity index is 1.26. The summed E-state index contributed by atoms with van der Waals surface area (Å²) in [7, 11) is 0. The van der Waals surface area contributed by atoms with Gasteiger partial charge in [0, 0.05) is 56.5 Å². The molecule has 0 aliphatic carbocycles. The van der Waals surface area contributed by atoms with Crippen LogP contribution < -0.4 is 0 Å². The average molecular weight is 510 g/mol. The molecular formula is C30H43N3O2S. The minimum Gasteiger partial charge on any atom is -0.339 e. The summed E-state index contributed by atoms with van der Waals surface area (Å²) in [6.45, 7) is 8.03. The van der Waals surface area contributed by atoms with E-state index >= 15 is 0 Å². The molecule has 0 N–H and O–H groups in total. The fourth-order valence-corrected chi connectivity index (χ4v) is 6.69. The van der Waals surface area contributed by atoms with Gasteiger partial charge in [-0.05, 0) is 42.3 Å². The van der Waals surface area contributed by atoms with E-state index in [2.05, 4.69) is 60.5 Å². The number of benzene rings is 1. The Morgan fingerprint density at radius 3 is 2.47 bits per heavy atom. The Bertz CT molecular complexity index is 976. The van der Waals surface area contributed by atoms with Crippen LogP contribution in [-0.4, -0.2) is 65.3 Å². The molecule has 0 spiro atoms. The minimum absolute atomic E-state index is 0.0932. The van der Waals surface area contributed by atoms with Gasteiger partial charge in [0.1, 0.15) is 0 Å². The molecule has 1 fully saturated rings. The Morgan fingerprint density at radius 2 is 1.69 bits per heavy atom. The molecule has 2 aliphatic heterocycles. The zero-order valence-electron chi connectivity index (χ0n) is 22.2. The van der Waals surface area contributed by atoms with Crippen molar-refractivity contribution in [2.24, 2.45) is 0 Å². The van der Waals surface area contributed by atoms with Crippen molar-refractivity contribution in [3.63, 3.8) is 0 Å². The van der Waals surface area contributed by atoms with Crippen molar-refractivity contribution in [1.29, 1.82) is 0 Å². The molecule has 4 rings (SSSR count). The van der Waals surface area contributed by atoms with Gasteiger partial charge in [0.05, 0.1) is 6.04 Å². The van der Waals surface area contributed by atoms with Crippen LogP contribution in [0.25, 0.3) is 0 Å². The standard InChI is InChI=1S/C30H43N3O2S/c1-3-4-5-6-7-11-14-29(35)33-21-20-32(23-24(33)2)28(34)16-19-31-18-15-27-26(17-22-36-27)30(31)25-12-9-8-10-13-25/h8-10,12-13,17,22,24,30H,3-7,11,14-16,18-21,23H2,1-2H3/t24-,30+/m0/s1. The van der Waals surface area contributed by atoms with Gasteiger partial charge in [0.25, 0.3) is 0 Å². The highest BCUT2D eigenvalue weighted by molar-refractivity contribution is 7.10. The second kappa shape index (κ2) is 13.4. The number of piperazine rings is 1. The molecule has 2 amide bonds. The SMILES string of the molecule is CCCCCCCCC(=O)N1CCN(C(=O)CCN2CCc3sccc3[C@H]2c2ccccc2)C[C@@H]1C. The average Bonchev–Trinajstić information content (AvgIpc) is 3.38. The first-order valence-corrected chi connectivity index (χ1v) is 14.9. The lowest BCUT2D eigenvalue weighted by Gasteiger charge is -2.41. The van der Waals surface area contributed by atoms with Gasteiger partial charge in [-0.3, -0.25) is 14.5 Å². The van der Waals surface area contributed by atoms with Crippen molar-refractivity contribution in [3.05, 3.63) is 57.8 Å². The lowest BCUT2D eigenvalue weighted by Crippen LogP contribution is -2.55. The first-order valence-electron chi connectivity index (χ1n) is 14.0. The van der Waals surface area contributed by atoms with Gasteiger partial charge in [-0.2, -0.15) is 0 Å². The second-order valence-corrected chi connectivity index (χ2v) is 11.4. The largest absolute Gasteiger partial charge is 0.339 e. The van der Waals surface area contributed by atoms with Crippen LogP contribution in [0.5, 0.6) is 0 Å². The Labute approximate surface area is 221 Å². The molecule has 36 heavy (non-hydrogen) atoms. The minimum atomic E-state index is 0.0932. The summed E-state index contributed by atoms with van der Waals surface area (Å²) >= 11 is 1.85. The molecule has 0 saturated carbocycles. The molecule has 2 aliphatic rings. The number of hydrogen-bond acceptors (Lipinski definition) is 4. The fourth-order valence-electron chi connectivity index (χ4n) is 5.79.